The van der Waals surface area contributed by atoms with Crippen molar-refractivity contribution in [2.24, 2.45) is 0 Å². The lowest BCUT2D eigenvalue weighted by atomic mass is 10.2. The highest BCUT2D eigenvalue weighted by Gasteiger charge is 2.38. The molecule has 3 N–H and O–H groups in total. The highest BCUT2D eigenvalue weighted by atomic mass is 32.2. The summed E-state index contributed by atoms with van der Waals surface area (Å²) in [6.45, 7) is 2.90. The van der Waals surface area contributed by atoms with E-state index in [0.29, 0.717) is 0 Å². The fraction of sp³-hybridized carbons (Fsp3) is 0.263. The molecule has 0 spiro atoms. The van der Waals surface area contributed by atoms with Crippen LogP contribution >= 0.6 is 0 Å². The largest absolute Gasteiger partial charge is 0.484 e. The average Bonchev–Trinajstić information content (AvgIpc) is 3.07. The van der Waals surface area contributed by atoms with Crippen LogP contribution in [0.1, 0.15) is 12.6 Å². The van der Waals surface area contributed by atoms with Crippen molar-refractivity contribution >= 4 is 39.2 Å². The number of carbonyl (C=O) groups excluding carboxylic acids is 1. The van der Waals surface area contributed by atoms with Gasteiger partial charge in [-0.25, -0.2) is 14.8 Å². The molecule has 1 atom stereocenters. The zero-order chi connectivity index (χ0) is 23.0. The van der Waals surface area contributed by atoms with Crippen LogP contribution in [0, 0.1) is 6.92 Å². The molecule has 1 aromatic carbocycles. The minimum Gasteiger partial charge on any atom is -0.484 e. The number of ether oxygens (including phenoxy) is 1. The molecule has 1 unspecified atom stereocenters. The Morgan fingerprint density at radius 1 is 1.34 bits per heavy atom. The third kappa shape index (κ3) is 3.89. The smallest absolute Gasteiger partial charge is 0.409 e. The molecule has 168 valence electrons. The van der Waals surface area contributed by atoms with Gasteiger partial charge in [-0.15, -0.1) is 0 Å². The molecule has 12 nitrogen and oxygen atoms in total. The lowest BCUT2D eigenvalue weighted by Gasteiger charge is -2.35. The number of nitrogens with zero attached hydrogens (tertiary/aromatic N) is 4. The second-order valence-corrected chi connectivity index (χ2v) is 8.90. The van der Waals surface area contributed by atoms with Crippen molar-refractivity contribution in [3.63, 3.8) is 0 Å². The van der Waals surface area contributed by atoms with E-state index in [1.54, 1.807) is 19.2 Å². The Labute approximate surface area is 182 Å². The standard InChI is InChI=1S/C19H20N6O6S/c1-11-17(24-7-3-6-20-18(24)22-11)32(29,30)25-10-14(9-21-12(2)26)31-16-5-4-13(8-15(16)25)23-19(27)28/h3-8,14,23H,9-10H2,1-2H3,(H,21,26)(H,27,28). The number of fused-ring (bicyclic) bond motifs is 2. The lowest BCUT2D eigenvalue weighted by molar-refractivity contribution is -0.119. The normalized spacial score (nSPS) is 15.7. The molecule has 4 rings (SSSR count). The van der Waals surface area contributed by atoms with Gasteiger partial charge in [0.1, 0.15) is 11.9 Å². The first-order valence-electron chi connectivity index (χ1n) is 9.54. The number of imidazole rings is 1. The van der Waals surface area contributed by atoms with E-state index in [9.17, 15) is 18.0 Å². The number of sulfonamides is 1. The van der Waals surface area contributed by atoms with Crippen LogP contribution in [0.2, 0.25) is 0 Å². The first-order valence-corrected chi connectivity index (χ1v) is 11.0. The molecular formula is C19H20N6O6S. The topological polar surface area (TPSA) is 155 Å². The third-order valence-corrected chi connectivity index (χ3v) is 6.68. The van der Waals surface area contributed by atoms with E-state index >= 15 is 0 Å². The van der Waals surface area contributed by atoms with Crippen LogP contribution < -0.4 is 19.7 Å². The van der Waals surface area contributed by atoms with Gasteiger partial charge in [0.25, 0.3) is 10.0 Å². The molecule has 3 aromatic rings. The number of hydrogen-bond acceptors (Lipinski definition) is 7. The van der Waals surface area contributed by atoms with Crippen LogP contribution in [-0.2, 0) is 14.8 Å². The summed E-state index contributed by atoms with van der Waals surface area (Å²) in [6, 6.07) is 5.91. The van der Waals surface area contributed by atoms with Gasteiger partial charge in [-0.1, -0.05) is 0 Å². The van der Waals surface area contributed by atoms with E-state index in [4.69, 9.17) is 9.84 Å². The van der Waals surface area contributed by atoms with Crippen LogP contribution in [0.25, 0.3) is 5.78 Å². The zero-order valence-electron chi connectivity index (χ0n) is 17.1. The number of nitrogens with one attached hydrogen (secondary N) is 2. The summed E-state index contributed by atoms with van der Waals surface area (Å²) in [6.07, 6.45) is 1.10. The Bertz CT molecular complexity index is 1320. The van der Waals surface area contributed by atoms with Crippen LogP contribution in [-0.4, -0.2) is 59.1 Å². The highest BCUT2D eigenvalue weighted by Crippen LogP contribution is 2.39. The average molecular weight is 460 g/mol. The monoisotopic (exact) mass is 460 g/mol. The lowest BCUT2D eigenvalue weighted by Crippen LogP contribution is -2.48. The minimum atomic E-state index is -4.18. The van der Waals surface area contributed by atoms with Crippen molar-refractivity contribution < 1.29 is 27.9 Å². The molecule has 13 heteroatoms. The molecular weight excluding hydrogens is 440 g/mol. The van der Waals surface area contributed by atoms with Gasteiger partial charge in [0, 0.05) is 25.0 Å². The van der Waals surface area contributed by atoms with E-state index in [2.05, 4.69) is 20.6 Å². The molecule has 0 bridgehead atoms. The number of rotatable bonds is 5. The molecule has 0 saturated heterocycles. The number of benzene rings is 1. The maximum atomic E-state index is 13.8. The van der Waals surface area contributed by atoms with E-state index in [0.717, 1.165) is 4.31 Å². The number of amides is 2. The molecule has 32 heavy (non-hydrogen) atoms. The van der Waals surface area contributed by atoms with E-state index < -0.39 is 22.2 Å². The Kier molecular flexibility index (Phi) is 5.34. The highest BCUT2D eigenvalue weighted by molar-refractivity contribution is 7.92. The van der Waals surface area contributed by atoms with Crippen LogP contribution in [0.4, 0.5) is 16.2 Å². The van der Waals surface area contributed by atoms with Crippen LogP contribution in [0.3, 0.4) is 0 Å². The number of carbonyl (C=O) groups is 2. The van der Waals surface area contributed by atoms with Crippen molar-refractivity contribution in [2.75, 3.05) is 22.7 Å². The fourth-order valence-electron chi connectivity index (χ4n) is 3.50. The Morgan fingerprint density at radius 3 is 2.84 bits per heavy atom. The molecule has 1 aliphatic heterocycles. The van der Waals surface area contributed by atoms with E-state index in [-0.39, 0.29) is 52.6 Å². The first kappa shape index (κ1) is 21.4. The quantitative estimate of drug-likeness (QED) is 0.513. The molecule has 3 heterocycles. The van der Waals surface area contributed by atoms with Crippen molar-refractivity contribution in [1.82, 2.24) is 19.7 Å². The van der Waals surface area contributed by atoms with E-state index in [1.807, 2.05) is 0 Å². The molecule has 0 fully saturated rings. The van der Waals surface area contributed by atoms with Gasteiger partial charge in [-0.2, -0.15) is 8.42 Å². The third-order valence-electron chi connectivity index (χ3n) is 4.78. The summed E-state index contributed by atoms with van der Waals surface area (Å²) in [5, 5.41) is 13.8. The summed E-state index contributed by atoms with van der Waals surface area (Å²) in [5.41, 5.74) is 0.598. The molecule has 0 saturated carbocycles. The molecule has 2 aromatic heterocycles. The number of aromatic nitrogens is 3. The molecule has 0 aliphatic carbocycles. The summed E-state index contributed by atoms with van der Waals surface area (Å²) in [7, 11) is -4.18. The van der Waals surface area contributed by atoms with Gasteiger partial charge in [-0.05, 0) is 31.2 Å². The summed E-state index contributed by atoms with van der Waals surface area (Å²) < 4.78 is 36.0. The summed E-state index contributed by atoms with van der Waals surface area (Å²) >= 11 is 0. The van der Waals surface area contributed by atoms with Crippen LogP contribution in [0.15, 0.2) is 41.7 Å². The Balaban J connectivity index is 1.83. The maximum absolute atomic E-state index is 13.8. The van der Waals surface area contributed by atoms with Crippen molar-refractivity contribution in [3.05, 3.63) is 42.4 Å². The Hall–Kier alpha value is -3.87. The van der Waals surface area contributed by atoms with Crippen molar-refractivity contribution in [1.29, 1.82) is 0 Å². The predicted molar refractivity (Wildman–Crippen MR) is 113 cm³/mol. The summed E-state index contributed by atoms with van der Waals surface area (Å²) in [4.78, 5) is 30.7. The minimum absolute atomic E-state index is 0.0664. The first-order chi connectivity index (χ1) is 15.2. The van der Waals surface area contributed by atoms with Crippen molar-refractivity contribution in [3.8, 4) is 5.75 Å². The number of aryl methyl sites for hydroxylation is 1. The molecule has 1 aliphatic rings. The zero-order valence-corrected chi connectivity index (χ0v) is 18.0. The van der Waals surface area contributed by atoms with E-state index in [1.165, 1.54) is 35.7 Å². The van der Waals surface area contributed by atoms with Gasteiger partial charge in [0.2, 0.25) is 11.7 Å². The maximum Gasteiger partial charge on any atom is 0.409 e. The molecule has 0 radical (unpaired) electrons. The number of carboxylic acid groups (broad SMARTS) is 1. The number of anilines is 2. The van der Waals surface area contributed by atoms with Gasteiger partial charge in [0.05, 0.1) is 24.5 Å². The molecule has 2 amide bonds. The fourth-order valence-corrected chi connectivity index (χ4v) is 5.28. The second-order valence-electron chi connectivity index (χ2n) is 7.12. The van der Waals surface area contributed by atoms with Gasteiger partial charge in [0.15, 0.2) is 5.03 Å². The summed E-state index contributed by atoms with van der Waals surface area (Å²) in [5.74, 6) is 0.183. The SMILES string of the molecule is CC(=O)NCC1CN(S(=O)(=O)c2c(C)nc3ncccn23)c2cc(NC(=O)O)ccc2O1. The Morgan fingerprint density at radius 2 is 2.12 bits per heavy atom. The van der Waals surface area contributed by atoms with Gasteiger partial charge in [-0.3, -0.25) is 18.8 Å². The number of hydrogen-bond donors (Lipinski definition) is 3. The second kappa shape index (κ2) is 8.00. The predicted octanol–water partition coefficient (Wildman–Crippen LogP) is 1.22. The van der Waals surface area contributed by atoms with Gasteiger partial charge < -0.3 is 15.2 Å². The van der Waals surface area contributed by atoms with Gasteiger partial charge >= 0.3 is 6.09 Å². The van der Waals surface area contributed by atoms with Crippen molar-refractivity contribution in [2.45, 2.75) is 25.0 Å². The van der Waals surface area contributed by atoms with Crippen LogP contribution in [0.5, 0.6) is 5.75 Å².